The van der Waals surface area contributed by atoms with Crippen molar-refractivity contribution in [2.45, 2.75) is 6.92 Å². The van der Waals surface area contributed by atoms with Gasteiger partial charge in [0.15, 0.2) is 0 Å². The fourth-order valence-corrected chi connectivity index (χ4v) is 4.07. The van der Waals surface area contributed by atoms with Gasteiger partial charge in [-0.1, -0.05) is 47.5 Å². The second-order valence-electron chi connectivity index (χ2n) is 6.85. The lowest BCUT2D eigenvalue weighted by molar-refractivity contribution is -0.124. The molecule has 1 aliphatic rings. The molecule has 1 fully saturated rings. The van der Waals surface area contributed by atoms with Crippen molar-refractivity contribution in [2.75, 3.05) is 19.6 Å². The smallest absolute Gasteiger partial charge is 0.293 e. The van der Waals surface area contributed by atoms with Crippen LogP contribution in [0.2, 0.25) is 10.0 Å². The number of hydrogen-bond acceptors (Lipinski definition) is 5. The maximum atomic E-state index is 12.5. The number of thioether (sulfide) groups is 1. The Balaban J connectivity index is 1.48. The van der Waals surface area contributed by atoms with E-state index in [0.717, 1.165) is 22.2 Å². The maximum Gasteiger partial charge on any atom is 0.293 e. The molecule has 0 bridgehead atoms. The molecule has 32 heavy (non-hydrogen) atoms. The Morgan fingerprint density at radius 3 is 2.53 bits per heavy atom. The highest BCUT2D eigenvalue weighted by atomic mass is 35.5. The maximum absolute atomic E-state index is 12.5. The van der Waals surface area contributed by atoms with Crippen molar-refractivity contribution in [1.29, 1.82) is 0 Å². The van der Waals surface area contributed by atoms with Crippen molar-refractivity contribution < 1.29 is 19.2 Å². The van der Waals surface area contributed by atoms with Crippen molar-refractivity contribution in [1.82, 2.24) is 15.5 Å². The topological polar surface area (TPSA) is 95.6 Å². The lowest BCUT2D eigenvalue weighted by Gasteiger charge is -2.13. The van der Waals surface area contributed by atoms with E-state index >= 15 is 0 Å². The van der Waals surface area contributed by atoms with Gasteiger partial charge < -0.3 is 10.6 Å². The van der Waals surface area contributed by atoms with Crippen molar-refractivity contribution in [3.8, 4) is 0 Å². The van der Waals surface area contributed by atoms with Crippen molar-refractivity contribution in [2.24, 2.45) is 0 Å². The molecule has 2 aromatic carbocycles. The molecule has 0 aromatic heterocycles. The number of carbonyl (C=O) groups is 4. The van der Waals surface area contributed by atoms with Gasteiger partial charge in [-0.15, -0.1) is 0 Å². The highest BCUT2D eigenvalue weighted by Crippen LogP contribution is 2.33. The molecule has 0 saturated carbocycles. The molecule has 10 heteroatoms. The summed E-state index contributed by atoms with van der Waals surface area (Å²) < 4.78 is 0. The van der Waals surface area contributed by atoms with E-state index in [2.05, 4.69) is 10.6 Å². The van der Waals surface area contributed by atoms with Gasteiger partial charge >= 0.3 is 0 Å². The molecule has 2 N–H and O–H groups in total. The van der Waals surface area contributed by atoms with Crippen LogP contribution in [0.3, 0.4) is 0 Å². The number of carbonyl (C=O) groups excluding carboxylic acids is 4. The second-order valence-corrected chi connectivity index (χ2v) is 8.66. The minimum absolute atomic E-state index is 0.0147. The van der Waals surface area contributed by atoms with Crippen molar-refractivity contribution in [3.05, 3.63) is 74.1 Å². The zero-order chi connectivity index (χ0) is 23.3. The van der Waals surface area contributed by atoms with Gasteiger partial charge in [-0.05, 0) is 54.1 Å². The number of halogens is 2. The number of imide groups is 1. The van der Waals surface area contributed by atoms with E-state index < -0.39 is 17.1 Å². The van der Waals surface area contributed by atoms with Crippen LogP contribution < -0.4 is 10.6 Å². The van der Waals surface area contributed by atoms with Crippen LogP contribution in [0.5, 0.6) is 0 Å². The number of nitrogens with one attached hydrogen (secondary N) is 2. The Labute approximate surface area is 199 Å². The van der Waals surface area contributed by atoms with Gasteiger partial charge in [-0.25, -0.2) is 0 Å². The van der Waals surface area contributed by atoms with Gasteiger partial charge in [0.05, 0.1) is 21.5 Å². The summed E-state index contributed by atoms with van der Waals surface area (Å²) in [5.74, 6) is -1.23. The largest absolute Gasteiger partial charge is 0.353 e. The van der Waals surface area contributed by atoms with Gasteiger partial charge in [-0.2, -0.15) is 0 Å². The zero-order valence-corrected chi connectivity index (χ0v) is 19.3. The third-order valence-electron chi connectivity index (χ3n) is 4.57. The molecular weight excluding hydrogens is 473 g/mol. The van der Waals surface area contributed by atoms with Crippen molar-refractivity contribution >= 4 is 64.0 Å². The van der Waals surface area contributed by atoms with E-state index in [4.69, 9.17) is 23.2 Å². The van der Waals surface area contributed by atoms with E-state index in [1.54, 1.807) is 49.4 Å². The lowest BCUT2D eigenvalue weighted by atomic mass is 10.1. The SMILES string of the molecule is Cc1ccccc1C(=O)NCC(=O)NCCN1C(=O)S/C(=C/c2ccc(Cl)c(Cl)c2)C1=O. The number of amides is 4. The Morgan fingerprint density at radius 1 is 1.06 bits per heavy atom. The average molecular weight is 492 g/mol. The van der Waals surface area contributed by atoms with Crippen LogP contribution in [0.1, 0.15) is 21.5 Å². The average Bonchev–Trinajstić information content (AvgIpc) is 3.02. The molecule has 166 valence electrons. The van der Waals surface area contributed by atoms with Crippen LogP contribution >= 0.6 is 35.0 Å². The van der Waals surface area contributed by atoms with Gasteiger partial charge in [0.25, 0.3) is 17.1 Å². The monoisotopic (exact) mass is 491 g/mol. The molecule has 3 rings (SSSR count). The summed E-state index contributed by atoms with van der Waals surface area (Å²) in [4.78, 5) is 50.2. The van der Waals surface area contributed by atoms with E-state index in [1.807, 2.05) is 6.07 Å². The molecular formula is C22H19Cl2N3O4S. The Hall–Kier alpha value is -2.81. The molecule has 4 amide bonds. The molecule has 0 spiro atoms. The first-order chi connectivity index (χ1) is 15.3. The normalized spacial score (nSPS) is 14.7. The lowest BCUT2D eigenvalue weighted by Crippen LogP contribution is -2.41. The molecule has 2 aromatic rings. The number of nitrogens with zero attached hydrogens (tertiary/aromatic N) is 1. The van der Waals surface area contributed by atoms with Gasteiger partial charge in [-0.3, -0.25) is 24.1 Å². The Kier molecular flexibility index (Phi) is 7.95. The highest BCUT2D eigenvalue weighted by molar-refractivity contribution is 8.18. The minimum atomic E-state index is -0.451. The summed E-state index contributed by atoms with van der Waals surface area (Å²) in [5, 5.41) is 5.44. The Bertz CT molecular complexity index is 1120. The third-order valence-corrected chi connectivity index (χ3v) is 6.22. The predicted molar refractivity (Wildman–Crippen MR) is 126 cm³/mol. The first kappa shape index (κ1) is 23.8. The first-order valence-corrected chi connectivity index (χ1v) is 11.1. The zero-order valence-electron chi connectivity index (χ0n) is 17.0. The molecule has 0 unspecified atom stereocenters. The predicted octanol–water partition coefficient (Wildman–Crippen LogP) is 3.88. The first-order valence-electron chi connectivity index (χ1n) is 9.57. The minimum Gasteiger partial charge on any atom is -0.353 e. The number of aryl methyl sites for hydroxylation is 1. The van der Waals surface area contributed by atoms with Crippen LogP contribution in [0.15, 0.2) is 47.4 Å². The fraction of sp³-hybridized carbons (Fsp3) is 0.182. The van der Waals surface area contributed by atoms with Crippen LogP contribution in [0.4, 0.5) is 4.79 Å². The van der Waals surface area contributed by atoms with E-state index in [9.17, 15) is 19.2 Å². The van der Waals surface area contributed by atoms with Crippen LogP contribution in [0, 0.1) is 6.92 Å². The third kappa shape index (κ3) is 5.91. The quantitative estimate of drug-likeness (QED) is 0.572. The molecule has 7 nitrogen and oxygen atoms in total. The summed E-state index contributed by atoms with van der Waals surface area (Å²) >= 11 is 12.7. The summed E-state index contributed by atoms with van der Waals surface area (Å²) in [7, 11) is 0. The molecule has 0 radical (unpaired) electrons. The van der Waals surface area contributed by atoms with Crippen molar-refractivity contribution in [3.63, 3.8) is 0 Å². The van der Waals surface area contributed by atoms with Crippen LogP contribution in [-0.2, 0) is 9.59 Å². The fourth-order valence-electron chi connectivity index (χ4n) is 2.90. The summed E-state index contributed by atoms with van der Waals surface area (Å²) in [5.41, 5.74) is 1.94. The molecule has 1 aliphatic heterocycles. The molecule has 0 atom stereocenters. The van der Waals surface area contributed by atoms with Crippen LogP contribution in [-0.4, -0.2) is 47.5 Å². The van der Waals surface area contributed by atoms with E-state index in [1.165, 1.54) is 0 Å². The second kappa shape index (κ2) is 10.7. The van der Waals surface area contributed by atoms with E-state index in [-0.39, 0.29) is 30.4 Å². The molecule has 1 saturated heterocycles. The van der Waals surface area contributed by atoms with Gasteiger partial charge in [0.1, 0.15) is 0 Å². The number of benzene rings is 2. The Morgan fingerprint density at radius 2 is 1.81 bits per heavy atom. The summed E-state index contributed by atoms with van der Waals surface area (Å²) in [6.45, 7) is 1.67. The van der Waals surface area contributed by atoms with Gasteiger partial charge in [0.2, 0.25) is 5.91 Å². The highest BCUT2D eigenvalue weighted by Gasteiger charge is 2.34. The summed E-state index contributed by atoms with van der Waals surface area (Å²) in [6, 6.07) is 11.9. The summed E-state index contributed by atoms with van der Waals surface area (Å²) in [6.07, 6.45) is 1.56. The van der Waals surface area contributed by atoms with Gasteiger partial charge in [0, 0.05) is 18.7 Å². The molecule has 0 aliphatic carbocycles. The molecule has 1 heterocycles. The number of rotatable bonds is 7. The number of hydrogen-bond donors (Lipinski definition) is 2. The van der Waals surface area contributed by atoms with Crippen LogP contribution in [0.25, 0.3) is 6.08 Å². The standard InChI is InChI=1S/C22H19Cl2N3O4S/c1-13-4-2-3-5-15(13)20(29)26-12-19(28)25-8-9-27-21(30)18(32-22(27)31)11-14-6-7-16(23)17(24)10-14/h2-7,10-11H,8-9,12H2,1H3,(H,25,28)(H,26,29)/b18-11+. The van der Waals surface area contributed by atoms with E-state index in [0.29, 0.717) is 21.2 Å².